The molecule has 0 radical (unpaired) electrons. The minimum atomic E-state index is 0.664. The number of ether oxygens (including phenoxy) is 2. The molecule has 0 bridgehead atoms. The average molecular weight is 231 g/mol. The first-order chi connectivity index (χ1) is 6.79. The van der Waals surface area contributed by atoms with Crippen molar-refractivity contribution in [2.24, 2.45) is 0 Å². The van der Waals surface area contributed by atoms with Crippen LogP contribution >= 0.6 is 23.2 Å². The van der Waals surface area contributed by atoms with Gasteiger partial charge in [-0.2, -0.15) is 0 Å². The first-order valence-corrected chi connectivity index (χ1v) is 5.33. The van der Waals surface area contributed by atoms with E-state index in [1.165, 1.54) is 0 Å². The Morgan fingerprint density at radius 2 is 1.21 bits per heavy atom. The number of rotatable bonds is 0. The van der Waals surface area contributed by atoms with Crippen molar-refractivity contribution < 1.29 is 9.47 Å². The Morgan fingerprint density at radius 1 is 0.786 bits per heavy atom. The summed E-state index contributed by atoms with van der Waals surface area (Å²) in [6.07, 6.45) is 1.65. The summed E-state index contributed by atoms with van der Waals surface area (Å²) in [4.78, 5) is 0. The number of hydrogen-bond acceptors (Lipinski definition) is 2. The van der Waals surface area contributed by atoms with Crippen molar-refractivity contribution in [3.8, 4) is 11.5 Å². The number of benzene rings is 1. The van der Waals surface area contributed by atoms with Gasteiger partial charge < -0.3 is 9.47 Å². The van der Waals surface area contributed by atoms with Crippen LogP contribution in [-0.4, -0.2) is 13.2 Å². The third kappa shape index (κ3) is 0.984. The van der Waals surface area contributed by atoms with Crippen LogP contribution in [0, 0.1) is 0 Å². The Morgan fingerprint density at radius 3 is 1.64 bits per heavy atom. The fourth-order valence-corrected chi connectivity index (χ4v) is 2.69. The normalized spacial score (nSPS) is 17.3. The van der Waals surface area contributed by atoms with Crippen LogP contribution in [0.4, 0.5) is 0 Å². The topological polar surface area (TPSA) is 18.5 Å². The quantitative estimate of drug-likeness (QED) is 0.683. The van der Waals surface area contributed by atoms with E-state index in [0.717, 1.165) is 35.5 Å². The number of hydrogen-bond donors (Lipinski definition) is 0. The van der Waals surface area contributed by atoms with Gasteiger partial charge in [0.2, 0.25) is 0 Å². The standard InChI is InChI=1S/C10H8Cl2O2/c11-7-5-1-3-13-9(5)8(12)6-2-4-14-10(6)7/h1-4H2. The van der Waals surface area contributed by atoms with E-state index in [1.54, 1.807) is 0 Å². The van der Waals surface area contributed by atoms with Crippen molar-refractivity contribution in [2.45, 2.75) is 12.8 Å². The lowest BCUT2D eigenvalue weighted by Crippen LogP contribution is -1.88. The molecule has 0 atom stereocenters. The van der Waals surface area contributed by atoms with E-state index in [-0.39, 0.29) is 0 Å². The van der Waals surface area contributed by atoms with Crippen LogP contribution in [0.3, 0.4) is 0 Å². The highest BCUT2D eigenvalue weighted by atomic mass is 35.5. The Bertz CT molecular complexity index is 343. The molecule has 74 valence electrons. The molecule has 3 rings (SSSR count). The zero-order valence-corrected chi connectivity index (χ0v) is 8.91. The van der Waals surface area contributed by atoms with Gasteiger partial charge in [0, 0.05) is 24.0 Å². The highest BCUT2D eigenvalue weighted by Gasteiger charge is 2.29. The summed E-state index contributed by atoms with van der Waals surface area (Å²) >= 11 is 12.4. The van der Waals surface area contributed by atoms with Crippen molar-refractivity contribution >= 4 is 23.2 Å². The molecule has 2 aliphatic heterocycles. The van der Waals surface area contributed by atoms with Gasteiger partial charge in [0.05, 0.1) is 23.3 Å². The summed E-state index contributed by atoms with van der Waals surface area (Å²) < 4.78 is 10.9. The van der Waals surface area contributed by atoms with Crippen LogP contribution in [-0.2, 0) is 12.8 Å². The van der Waals surface area contributed by atoms with Gasteiger partial charge in [-0.05, 0) is 0 Å². The molecule has 0 fully saturated rings. The van der Waals surface area contributed by atoms with E-state index in [9.17, 15) is 0 Å². The van der Waals surface area contributed by atoms with E-state index >= 15 is 0 Å². The maximum Gasteiger partial charge on any atom is 0.143 e. The molecule has 0 unspecified atom stereocenters. The maximum atomic E-state index is 6.21. The Balaban J connectivity index is 2.33. The van der Waals surface area contributed by atoms with E-state index in [4.69, 9.17) is 32.7 Å². The van der Waals surface area contributed by atoms with Gasteiger partial charge in [-0.3, -0.25) is 0 Å². The molecule has 0 saturated heterocycles. The first kappa shape index (κ1) is 8.69. The summed E-state index contributed by atoms with van der Waals surface area (Å²) in [6.45, 7) is 1.33. The Hall–Kier alpha value is -0.600. The second-order valence-electron chi connectivity index (χ2n) is 3.44. The Labute approximate surface area is 91.7 Å². The predicted octanol–water partition coefficient (Wildman–Crippen LogP) is 2.86. The monoisotopic (exact) mass is 230 g/mol. The number of halogens is 2. The SMILES string of the molecule is Clc1c2c(c(Cl)c3c1OCC3)OCC2. The van der Waals surface area contributed by atoms with Crippen LogP contribution in [0.15, 0.2) is 0 Å². The molecule has 0 amide bonds. The van der Waals surface area contributed by atoms with Crippen LogP contribution in [0.1, 0.15) is 11.1 Å². The summed E-state index contributed by atoms with van der Waals surface area (Å²) in [6, 6.07) is 0. The highest BCUT2D eigenvalue weighted by molar-refractivity contribution is 6.37. The summed E-state index contributed by atoms with van der Waals surface area (Å²) in [5, 5.41) is 1.38. The van der Waals surface area contributed by atoms with Gasteiger partial charge in [-0.1, -0.05) is 23.2 Å². The molecule has 0 aromatic heterocycles. The third-order valence-electron chi connectivity index (χ3n) is 2.67. The maximum absolute atomic E-state index is 6.21. The summed E-state index contributed by atoms with van der Waals surface area (Å²) in [5.41, 5.74) is 2.00. The third-order valence-corrected chi connectivity index (χ3v) is 3.47. The highest BCUT2D eigenvalue weighted by Crippen LogP contribution is 2.49. The first-order valence-electron chi connectivity index (χ1n) is 4.57. The fraction of sp³-hybridized carbons (Fsp3) is 0.400. The minimum Gasteiger partial charge on any atom is -0.491 e. The zero-order chi connectivity index (χ0) is 9.71. The van der Waals surface area contributed by atoms with Crippen molar-refractivity contribution in [3.05, 3.63) is 21.2 Å². The van der Waals surface area contributed by atoms with Crippen molar-refractivity contribution in [1.29, 1.82) is 0 Å². The molecule has 2 aliphatic rings. The Kier molecular flexibility index (Phi) is 1.83. The summed E-state index contributed by atoms with van der Waals surface area (Å²) in [7, 11) is 0. The molecule has 4 heteroatoms. The fourth-order valence-electron chi connectivity index (χ4n) is 2.00. The van der Waals surface area contributed by atoms with Gasteiger partial charge in [-0.15, -0.1) is 0 Å². The van der Waals surface area contributed by atoms with Crippen LogP contribution in [0.5, 0.6) is 11.5 Å². The largest absolute Gasteiger partial charge is 0.491 e. The van der Waals surface area contributed by atoms with Gasteiger partial charge in [-0.25, -0.2) is 0 Å². The van der Waals surface area contributed by atoms with Crippen molar-refractivity contribution in [2.75, 3.05) is 13.2 Å². The average Bonchev–Trinajstić information content (AvgIpc) is 2.82. The molecule has 2 nitrogen and oxygen atoms in total. The predicted molar refractivity (Wildman–Crippen MR) is 54.9 cm³/mol. The van der Waals surface area contributed by atoms with Gasteiger partial charge >= 0.3 is 0 Å². The number of fused-ring (bicyclic) bond motifs is 2. The molecule has 0 spiro atoms. The minimum absolute atomic E-state index is 0.664. The molecule has 1 aromatic rings. The molecule has 0 saturated carbocycles. The van der Waals surface area contributed by atoms with Gasteiger partial charge in [0.1, 0.15) is 11.5 Å². The van der Waals surface area contributed by atoms with Gasteiger partial charge in [0.25, 0.3) is 0 Å². The van der Waals surface area contributed by atoms with Crippen LogP contribution < -0.4 is 9.47 Å². The van der Waals surface area contributed by atoms with Crippen LogP contribution in [0.2, 0.25) is 10.0 Å². The van der Waals surface area contributed by atoms with E-state index in [2.05, 4.69) is 0 Å². The second kappa shape index (κ2) is 2.94. The van der Waals surface area contributed by atoms with E-state index in [0.29, 0.717) is 23.3 Å². The van der Waals surface area contributed by atoms with Crippen molar-refractivity contribution in [1.82, 2.24) is 0 Å². The molecule has 14 heavy (non-hydrogen) atoms. The van der Waals surface area contributed by atoms with E-state index in [1.807, 2.05) is 0 Å². The molecule has 0 N–H and O–H groups in total. The lowest BCUT2D eigenvalue weighted by molar-refractivity contribution is 0.356. The summed E-state index contributed by atoms with van der Waals surface area (Å²) in [5.74, 6) is 1.53. The van der Waals surface area contributed by atoms with E-state index < -0.39 is 0 Å². The molecular formula is C10H8Cl2O2. The molecule has 0 aliphatic carbocycles. The molecule has 2 heterocycles. The lowest BCUT2D eigenvalue weighted by atomic mass is 10.1. The van der Waals surface area contributed by atoms with Gasteiger partial charge in [0.15, 0.2) is 0 Å². The second-order valence-corrected chi connectivity index (χ2v) is 4.20. The van der Waals surface area contributed by atoms with Crippen molar-refractivity contribution in [3.63, 3.8) is 0 Å². The molecular weight excluding hydrogens is 223 g/mol. The van der Waals surface area contributed by atoms with Crippen LogP contribution in [0.25, 0.3) is 0 Å². The molecule has 1 aromatic carbocycles. The smallest absolute Gasteiger partial charge is 0.143 e. The zero-order valence-electron chi connectivity index (χ0n) is 7.40. The lowest BCUT2D eigenvalue weighted by Gasteiger charge is -2.09.